The topological polar surface area (TPSA) is 92.6 Å². The van der Waals surface area contributed by atoms with E-state index in [4.69, 9.17) is 10.2 Å². The molecule has 0 aliphatic heterocycles. The molecule has 0 bridgehead atoms. The Balaban J connectivity index is 2.62. The standard InChI is InChI=1S/C12H18N4O2/c1-3-7-15-12(14-4-2)16-8-9-5-6-10(18-9)11(13)17/h3,5-6H,1,4,7-8H2,2H3,(H2,13,17)(H2,14,15,16). The van der Waals surface area contributed by atoms with Gasteiger partial charge in [-0.25, -0.2) is 4.99 Å². The number of guanidine groups is 1. The highest BCUT2D eigenvalue weighted by Crippen LogP contribution is 2.08. The van der Waals surface area contributed by atoms with Crippen LogP contribution in [0.2, 0.25) is 0 Å². The summed E-state index contributed by atoms with van der Waals surface area (Å²) in [6, 6.07) is 3.22. The predicted octanol–water partition coefficient (Wildman–Crippen LogP) is 0.620. The Morgan fingerprint density at radius 3 is 2.89 bits per heavy atom. The van der Waals surface area contributed by atoms with Gasteiger partial charge in [0, 0.05) is 13.1 Å². The van der Waals surface area contributed by atoms with E-state index < -0.39 is 5.91 Å². The van der Waals surface area contributed by atoms with Crippen molar-refractivity contribution in [3.8, 4) is 0 Å². The second-order valence-electron chi connectivity index (χ2n) is 3.49. The molecule has 0 unspecified atom stereocenters. The number of nitrogens with one attached hydrogen (secondary N) is 2. The minimum absolute atomic E-state index is 0.143. The lowest BCUT2D eigenvalue weighted by Gasteiger charge is -2.08. The van der Waals surface area contributed by atoms with Crippen molar-refractivity contribution in [1.82, 2.24) is 10.6 Å². The number of nitrogens with zero attached hydrogens (tertiary/aromatic N) is 1. The SMILES string of the molecule is C=CCNC(=NCc1ccc(C(N)=O)o1)NCC. The number of aliphatic imine (C=N–C) groups is 1. The molecule has 18 heavy (non-hydrogen) atoms. The van der Waals surface area contributed by atoms with Gasteiger partial charge in [0.05, 0.1) is 0 Å². The van der Waals surface area contributed by atoms with Gasteiger partial charge in [-0.15, -0.1) is 6.58 Å². The number of hydrogen-bond acceptors (Lipinski definition) is 3. The lowest BCUT2D eigenvalue weighted by molar-refractivity contribution is 0.0972. The fourth-order valence-electron chi connectivity index (χ4n) is 1.26. The third-order valence-electron chi connectivity index (χ3n) is 2.06. The zero-order valence-electron chi connectivity index (χ0n) is 10.4. The molecule has 0 aliphatic rings. The lowest BCUT2D eigenvalue weighted by Crippen LogP contribution is -2.37. The van der Waals surface area contributed by atoms with Gasteiger partial charge in [0.25, 0.3) is 5.91 Å². The molecule has 98 valence electrons. The van der Waals surface area contributed by atoms with Crippen LogP contribution in [-0.2, 0) is 6.54 Å². The first kappa shape index (κ1) is 13.8. The molecule has 1 amide bonds. The fourth-order valence-corrected chi connectivity index (χ4v) is 1.26. The highest BCUT2D eigenvalue weighted by molar-refractivity contribution is 5.89. The maximum absolute atomic E-state index is 10.9. The van der Waals surface area contributed by atoms with Gasteiger partial charge < -0.3 is 20.8 Å². The van der Waals surface area contributed by atoms with Crippen LogP contribution in [0, 0.1) is 0 Å². The Morgan fingerprint density at radius 2 is 2.33 bits per heavy atom. The van der Waals surface area contributed by atoms with Crippen LogP contribution < -0.4 is 16.4 Å². The molecule has 0 aliphatic carbocycles. The summed E-state index contributed by atoms with van der Waals surface area (Å²) >= 11 is 0. The first-order valence-corrected chi connectivity index (χ1v) is 5.69. The molecule has 1 rings (SSSR count). The summed E-state index contributed by atoms with van der Waals surface area (Å²) in [5, 5.41) is 6.13. The van der Waals surface area contributed by atoms with Gasteiger partial charge in [0.15, 0.2) is 11.7 Å². The first-order valence-electron chi connectivity index (χ1n) is 5.69. The van der Waals surface area contributed by atoms with Crippen molar-refractivity contribution in [2.45, 2.75) is 13.5 Å². The summed E-state index contributed by atoms with van der Waals surface area (Å²) in [4.78, 5) is 15.1. The van der Waals surface area contributed by atoms with Crippen molar-refractivity contribution in [3.63, 3.8) is 0 Å². The quantitative estimate of drug-likeness (QED) is 0.392. The zero-order valence-corrected chi connectivity index (χ0v) is 10.4. The molecular weight excluding hydrogens is 232 g/mol. The Bertz CT molecular complexity index is 437. The third-order valence-corrected chi connectivity index (χ3v) is 2.06. The monoisotopic (exact) mass is 250 g/mol. The summed E-state index contributed by atoms with van der Waals surface area (Å²) in [5.41, 5.74) is 5.09. The zero-order chi connectivity index (χ0) is 13.4. The number of furan rings is 1. The van der Waals surface area contributed by atoms with Crippen molar-refractivity contribution in [2.75, 3.05) is 13.1 Å². The summed E-state index contributed by atoms with van der Waals surface area (Å²) in [7, 11) is 0. The van der Waals surface area contributed by atoms with E-state index in [-0.39, 0.29) is 5.76 Å². The third kappa shape index (κ3) is 4.32. The summed E-state index contributed by atoms with van der Waals surface area (Å²) < 4.78 is 5.22. The second kappa shape index (κ2) is 7.16. The van der Waals surface area contributed by atoms with Crippen molar-refractivity contribution < 1.29 is 9.21 Å². The van der Waals surface area contributed by atoms with Gasteiger partial charge in [-0.05, 0) is 19.1 Å². The molecule has 0 spiro atoms. The highest BCUT2D eigenvalue weighted by Gasteiger charge is 2.06. The van der Waals surface area contributed by atoms with Crippen LogP contribution in [-0.4, -0.2) is 25.0 Å². The van der Waals surface area contributed by atoms with E-state index in [0.29, 0.717) is 24.8 Å². The molecule has 4 N–H and O–H groups in total. The van der Waals surface area contributed by atoms with Gasteiger partial charge in [-0.3, -0.25) is 4.79 Å². The van der Waals surface area contributed by atoms with Gasteiger partial charge >= 0.3 is 0 Å². The normalized spacial score (nSPS) is 11.1. The number of primary amides is 1. The van der Waals surface area contributed by atoms with Crippen LogP contribution in [0.5, 0.6) is 0 Å². The van der Waals surface area contributed by atoms with Gasteiger partial charge in [-0.1, -0.05) is 6.08 Å². The Kier molecular flexibility index (Phi) is 5.50. The van der Waals surface area contributed by atoms with Crippen molar-refractivity contribution in [3.05, 3.63) is 36.3 Å². The number of rotatable bonds is 6. The molecule has 0 radical (unpaired) electrons. The van der Waals surface area contributed by atoms with Gasteiger partial charge in [-0.2, -0.15) is 0 Å². The smallest absolute Gasteiger partial charge is 0.284 e. The summed E-state index contributed by atoms with van der Waals surface area (Å²) in [6.45, 7) is 7.31. The largest absolute Gasteiger partial charge is 0.454 e. The molecule has 1 aromatic rings. The average Bonchev–Trinajstić information content (AvgIpc) is 2.81. The minimum atomic E-state index is -0.582. The van der Waals surface area contributed by atoms with E-state index in [1.54, 1.807) is 12.1 Å². The van der Waals surface area contributed by atoms with E-state index in [2.05, 4.69) is 22.2 Å². The minimum Gasteiger partial charge on any atom is -0.454 e. The van der Waals surface area contributed by atoms with Crippen LogP contribution in [0.3, 0.4) is 0 Å². The number of amides is 1. The molecule has 1 aromatic heterocycles. The highest BCUT2D eigenvalue weighted by atomic mass is 16.3. The van der Waals surface area contributed by atoms with E-state index in [1.165, 1.54) is 6.07 Å². The lowest BCUT2D eigenvalue weighted by atomic mass is 10.4. The van der Waals surface area contributed by atoms with Crippen LogP contribution in [0.4, 0.5) is 0 Å². The molecule has 0 fully saturated rings. The first-order chi connectivity index (χ1) is 8.67. The van der Waals surface area contributed by atoms with Crippen LogP contribution >= 0.6 is 0 Å². The van der Waals surface area contributed by atoms with Crippen LogP contribution in [0.1, 0.15) is 23.2 Å². The van der Waals surface area contributed by atoms with Gasteiger partial charge in [0.1, 0.15) is 12.3 Å². The van der Waals surface area contributed by atoms with E-state index in [1.807, 2.05) is 6.92 Å². The summed E-state index contributed by atoms with van der Waals surface area (Å²) in [6.07, 6.45) is 1.74. The Hall–Kier alpha value is -2.24. The fraction of sp³-hybridized carbons (Fsp3) is 0.333. The molecule has 0 saturated carbocycles. The van der Waals surface area contributed by atoms with Crippen molar-refractivity contribution in [1.29, 1.82) is 0 Å². The number of carbonyl (C=O) groups is 1. The number of carbonyl (C=O) groups excluding carboxylic acids is 1. The Morgan fingerprint density at radius 1 is 1.56 bits per heavy atom. The maximum atomic E-state index is 10.9. The molecular formula is C12H18N4O2. The van der Waals surface area contributed by atoms with Crippen LogP contribution in [0.25, 0.3) is 0 Å². The predicted molar refractivity (Wildman–Crippen MR) is 70.2 cm³/mol. The second-order valence-corrected chi connectivity index (χ2v) is 3.49. The van der Waals surface area contributed by atoms with E-state index in [0.717, 1.165) is 6.54 Å². The van der Waals surface area contributed by atoms with Crippen molar-refractivity contribution >= 4 is 11.9 Å². The van der Waals surface area contributed by atoms with E-state index in [9.17, 15) is 4.79 Å². The van der Waals surface area contributed by atoms with Crippen LogP contribution in [0.15, 0.2) is 34.2 Å². The average molecular weight is 250 g/mol. The maximum Gasteiger partial charge on any atom is 0.284 e. The van der Waals surface area contributed by atoms with Crippen molar-refractivity contribution in [2.24, 2.45) is 10.7 Å². The number of hydrogen-bond donors (Lipinski definition) is 3. The molecule has 1 heterocycles. The molecule has 6 nitrogen and oxygen atoms in total. The molecule has 0 aromatic carbocycles. The molecule has 0 saturated heterocycles. The Labute approximate surface area is 106 Å². The molecule has 0 atom stereocenters. The van der Waals surface area contributed by atoms with Gasteiger partial charge in [0.2, 0.25) is 0 Å². The number of nitrogens with two attached hydrogens (primary N) is 1. The van der Waals surface area contributed by atoms with E-state index >= 15 is 0 Å². The molecule has 6 heteroatoms. The summed E-state index contributed by atoms with van der Waals surface area (Å²) in [5.74, 6) is 0.806.